The third-order valence-corrected chi connectivity index (χ3v) is 22.8. The van der Waals surface area contributed by atoms with Gasteiger partial charge in [-0.05, 0) is 208 Å². The number of fused-ring (bicyclic) bond motifs is 16. The zero-order chi connectivity index (χ0) is 71.9. The molecule has 0 spiro atoms. The van der Waals surface area contributed by atoms with Gasteiger partial charge in [0.2, 0.25) is 11.6 Å². The molecule has 5 aromatic heterocycles. The van der Waals surface area contributed by atoms with Crippen molar-refractivity contribution in [2.45, 2.75) is 118 Å². The molecule has 0 aliphatic heterocycles. The molecule has 0 amide bonds. The fourth-order valence-electron chi connectivity index (χ4n) is 17.1. The molecule has 0 atom stereocenters. The van der Waals surface area contributed by atoms with Gasteiger partial charge in [0.05, 0.1) is 72.2 Å². The van der Waals surface area contributed by atoms with E-state index < -0.39 is 0 Å². The van der Waals surface area contributed by atoms with Crippen molar-refractivity contribution < 1.29 is 0 Å². The Morgan fingerprint density at radius 1 is 0.276 bits per heavy atom. The highest BCUT2D eigenvalue weighted by molar-refractivity contribution is 6.11. The van der Waals surface area contributed by atoms with Gasteiger partial charge in [0.1, 0.15) is 0 Å². The van der Waals surface area contributed by atoms with Crippen LogP contribution in [0.4, 0.5) is 0 Å². The quantitative estimate of drug-likeness (QED) is 0.152. The summed E-state index contributed by atoms with van der Waals surface area (Å²) >= 11 is 0. The lowest BCUT2D eigenvalue weighted by atomic mass is 9.81. The van der Waals surface area contributed by atoms with Crippen LogP contribution in [-0.2, 0) is 21.7 Å². The minimum Gasteiger partial charge on any atom is -0.307 e. The molecule has 0 saturated carbocycles. The topological polar surface area (TPSA) is 49.4 Å². The summed E-state index contributed by atoms with van der Waals surface area (Å²) in [5.41, 5.74) is 34.9. The first kappa shape index (κ1) is 64.1. The van der Waals surface area contributed by atoms with Crippen LogP contribution in [0.15, 0.2) is 273 Å². The molecule has 0 N–H and O–H groups in total. The molecule has 0 fully saturated rings. The lowest BCUT2D eigenvalue weighted by Crippen LogP contribution is -2.16. The average molecular weight is 1360 g/mol. The molecule has 512 valence electrons. The van der Waals surface area contributed by atoms with Crippen LogP contribution < -0.4 is 0 Å². The van der Waals surface area contributed by atoms with E-state index in [-0.39, 0.29) is 27.6 Å². The van der Waals surface area contributed by atoms with Crippen LogP contribution in [0.3, 0.4) is 0 Å². The van der Waals surface area contributed by atoms with Crippen molar-refractivity contribution in [1.29, 1.82) is 0 Å². The van der Waals surface area contributed by atoms with Crippen LogP contribution >= 0.6 is 0 Å². The number of hydrogen-bond donors (Lipinski definition) is 0. The Hall–Kier alpha value is -11.8. The largest absolute Gasteiger partial charge is 0.307 e. The van der Waals surface area contributed by atoms with Crippen molar-refractivity contribution in [3.63, 3.8) is 0 Å². The van der Waals surface area contributed by atoms with Gasteiger partial charge in [-0.3, -0.25) is 17.9 Å². The number of benzene rings is 13. The first-order chi connectivity index (χ1) is 50.5. The van der Waals surface area contributed by atoms with Crippen LogP contribution in [0.25, 0.3) is 150 Å². The van der Waals surface area contributed by atoms with Gasteiger partial charge in [0.25, 0.3) is 0 Å². The Kier molecular flexibility index (Phi) is 14.1. The maximum Gasteiger partial charge on any atom is 0.220 e. The average Bonchev–Trinajstić information content (AvgIpc) is 1.53. The highest BCUT2D eigenvalue weighted by atomic mass is 15.2. The van der Waals surface area contributed by atoms with Gasteiger partial charge in [-0.1, -0.05) is 277 Å². The van der Waals surface area contributed by atoms with E-state index in [9.17, 15) is 0 Å². The van der Waals surface area contributed by atoms with Crippen molar-refractivity contribution in [3.8, 4) is 72.7 Å². The Morgan fingerprint density at radius 2 is 0.610 bits per heavy atom. The molecule has 1 aliphatic carbocycles. The summed E-state index contributed by atoms with van der Waals surface area (Å²) < 4.78 is 12.6. The smallest absolute Gasteiger partial charge is 0.220 e. The Bertz CT molecular complexity index is 6470. The molecular weight excluding hydrogens is 1280 g/mol. The Labute approximate surface area is 614 Å². The first-order valence-corrected chi connectivity index (χ1v) is 37.2. The van der Waals surface area contributed by atoms with Gasteiger partial charge in [-0.2, -0.15) is 0 Å². The predicted octanol–water partition coefficient (Wildman–Crippen LogP) is 25.6. The van der Waals surface area contributed by atoms with Gasteiger partial charge < -0.3 is 4.57 Å². The maximum absolute atomic E-state index is 5.93. The minimum absolute atomic E-state index is 0.105. The van der Waals surface area contributed by atoms with E-state index >= 15 is 0 Å². The summed E-state index contributed by atoms with van der Waals surface area (Å²) in [5, 5.41) is 2.45. The minimum atomic E-state index is -0.246. The third-order valence-electron chi connectivity index (χ3n) is 22.8. The summed E-state index contributed by atoms with van der Waals surface area (Å²) in [5.74, 6) is 1.40. The summed E-state index contributed by atoms with van der Waals surface area (Å²) in [4.78, 5) is 11.9. The van der Waals surface area contributed by atoms with Gasteiger partial charge in [-0.25, -0.2) is 9.97 Å². The summed E-state index contributed by atoms with van der Waals surface area (Å²) in [6.45, 7) is 30.6. The highest BCUT2D eigenvalue weighted by Gasteiger charge is 2.39. The molecule has 7 nitrogen and oxygen atoms in total. The molecule has 1 aliphatic rings. The van der Waals surface area contributed by atoms with Crippen LogP contribution in [0.2, 0.25) is 0 Å². The SMILES string of the molecule is Cc1c(C2c3ccc(C(C)(C)C)cc3-c3cc(C(C)(C)C)ccc32)c(-n2c3ccc(-c4ccccc4)cc3n3c4cc(-c5ccccc5)ccc4nc23)cc(-n2c3ccc(-c4ccccc4)cc3n3c4cc(-c5ccccc5)ccc4nc23)c1-n1c2ccc(C(C)(C)C)cc2c2cc(C(C)(C)C)ccc21. The van der Waals surface area contributed by atoms with Crippen molar-refractivity contribution in [2.75, 3.05) is 0 Å². The second-order valence-electron chi connectivity index (χ2n) is 33.6. The maximum atomic E-state index is 5.93. The summed E-state index contributed by atoms with van der Waals surface area (Å²) in [6.07, 6.45) is 0. The fourth-order valence-corrected chi connectivity index (χ4v) is 17.1. The fraction of sp³-hybridized carbons (Fsp3) is 0.184. The summed E-state index contributed by atoms with van der Waals surface area (Å²) in [7, 11) is 0. The third kappa shape index (κ3) is 10.1. The van der Waals surface area contributed by atoms with Crippen molar-refractivity contribution in [3.05, 3.63) is 317 Å². The lowest BCUT2D eigenvalue weighted by Gasteiger charge is -2.28. The zero-order valence-corrected chi connectivity index (χ0v) is 62.2. The van der Waals surface area contributed by atoms with E-state index in [2.05, 4.69) is 385 Å². The monoisotopic (exact) mass is 1360 g/mol. The highest BCUT2D eigenvalue weighted by Crippen LogP contribution is 2.55. The molecule has 13 aromatic carbocycles. The summed E-state index contributed by atoms with van der Waals surface area (Å²) in [6, 6.07) is 103. The standard InChI is InChI=1S/C98H85N7/c1-59-90(91-72-42-38-68(95(2,3)4)54-74(72)75-55-69(96(5,6)7)39-43-73(75)91)88(102-82-46-36-66(62-30-22-16-23-31-62)52-86(82)104-84-50-64(60-26-18-14-19-27-60)34-44-78(84)99-93(102)104)58-89(92(59)101-80-48-40-70(97(8,9)10)56-76(80)77-57-71(98(11,12)13)41-49-81(77)101)103-83-47-37-67(63-32-24-17-25-33-63)53-87(83)105-85-51-65(61-28-20-15-21-29-61)35-45-79(85)100-94(103)105/h14-58,91H,1-13H3. The first-order valence-electron chi connectivity index (χ1n) is 37.2. The molecule has 0 bridgehead atoms. The van der Waals surface area contributed by atoms with E-state index in [0.717, 1.165) is 134 Å². The van der Waals surface area contributed by atoms with E-state index in [1.54, 1.807) is 0 Å². The van der Waals surface area contributed by atoms with E-state index in [1.807, 2.05) is 0 Å². The van der Waals surface area contributed by atoms with Crippen molar-refractivity contribution >= 4 is 77.5 Å². The second kappa shape index (κ2) is 23.1. The number of aromatic nitrogens is 7. The Morgan fingerprint density at radius 3 is 0.990 bits per heavy atom. The van der Waals surface area contributed by atoms with E-state index in [0.29, 0.717) is 0 Å². The van der Waals surface area contributed by atoms with Crippen molar-refractivity contribution in [2.24, 2.45) is 0 Å². The molecule has 0 saturated heterocycles. The lowest BCUT2D eigenvalue weighted by molar-refractivity contribution is 0.589. The van der Waals surface area contributed by atoms with Crippen molar-refractivity contribution in [1.82, 2.24) is 32.5 Å². The molecule has 7 heteroatoms. The number of hydrogen-bond acceptors (Lipinski definition) is 2. The van der Waals surface area contributed by atoms with Gasteiger partial charge in [0.15, 0.2) is 0 Å². The Balaban J connectivity index is 1.04. The molecule has 0 unspecified atom stereocenters. The second-order valence-corrected chi connectivity index (χ2v) is 33.6. The molecular formula is C98H85N7. The molecule has 19 rings (SSSR count). The number of nitrogens with zero attached hydrogens (tertiary/aromatic N) is 7. The molecule has 0 radical (unpaired) electrons. The van der Waals surface area contributed by atoms with Gasteiger partial charge in [-0.15, -0.1) is 0 Å². The van der Waals surface area contributed by atoms with Crippen LogP contribution in [0.5, 0.6) is 0 Å². The van der Waals surface area contributed by atoms with Gasteiger partial charge in [0, 0.05) is 16.7 Å². The van der Waals surface area contributed by atoms with Crippen LogP contribution in [0.1, 0.15) is 134 Å². The van der Waals surface area contributed by atoms with E-state index in [4.69, 9.17) is 9.97 Å². The normalized spacial score (nSPS) is 13.2. The van der Waals surface area contributed by atoms with Gasteiger partial charge >= 0.3 is 0 Å². The van der Waals surface area contributed by atoms with Crippen LogP contribution in [-0.4, -0.2) is 32.5 Å². The predicted molar refractivity (Wildman–Crippen MR) is 441 cm³/mol. The number of imidazole rings is 4. The van der Waals surface area contributed by atoms with Crippen LogP contribution in [0, 0.1) is 6.92 Å². The molecule has 18 aromatic rings. The zero-order valence-electron chi connectivity index (χ0n) is 62.2. The number of rotatable bonds is 8. The molecule has 5 heterocycles. The van der Waals surface area contributed by atoms with E-state index in [1.165, 1.54) is 60.8 Å². The molecule has 105 heavy (non-hydrogen) atoms.